The minimum Gasteiger partial charge on any atom is -0.447 e. The molecule has 0 bridgehead atoms. The molecule has 1 aromatic rings. The van der Waals surface area contributed by atoms with Crippen LogP contribution >= 0.6 is 0 Å². The van der Waals surface area contributed by atoms with Gasteiger partial charge in [-0.3, -0.25) is 9.69 Å². The smallest absolute Gasteiger partial charge is 0.414 e. The van der Waals surface area contributed by atoms with Gasteiger partial charge < -0.3 is 9.64 Å². The van der Waals surface area contributed by atoms with Gasteiger partial charge in [-0.2, -0.15) is 0 Å². The van der Waals surface area contributed by atoms with Crippen LogP contribution in [0.25, 0.3) is 0 Å². The Bertz CT molecular complexity index is 576. The van der Waals surface area contributed by atoms with Gasteiger partial charge in [0.2, 0.25) is 5.91 Å². The van der Waals surface area contributed by atoms with Crippen molar-refractivity contribution >= 4 is 17.7 Å². The minimum atomic E-state index is -0.446. The van der Waals surface area contributed by atoms with Gasteiger partial charge in [-0.25, -0.2) is 9.18 Å². The van der Waals surface area contributed by atoms with Gasteiger partial charge in [-0.05, 0) is 24.1 Å². The second-order valence-corrected chi connectivity index (χ2v) is 5.10. The maximum absolute atomic E-state index is 13.5. The second-order valence-electron chi connectivity index (χ2n) is 5.10. The van der Waals surface area contributed by atoms with Crippen molar-refractivity contribution < 1.29 is 18.7 Å². The number of ether oxygens (including phenoxy) is 1. The molecule has 0 aliphatic carbocycles. The highest BCUT2D eigenvalue weighted by Crippen LogP contribution is 2.32. The second kappa shape index (κ2) is 4.77. The lowest BCUT2D eigenvalue weighted by Crippen LogP contribution is -2.41. The van der Waals surface area contributed by atoms with Gasteiger partial charge in [0.15, 0.2) is 0 Å². The number of rotatable bonds is 0. The van der Waals surface area contributed by atoms with E-state index in [0.717, 1.165) is 5.56 Å². The predicted molar refractivity (Wildman–Crippen MR) is 69.7 cm³/mol. The van der Waals surface area contributed by atoms with Gasteiger partial charge >= 0.3 is 6.09 Å². The summed E-state index contributed by atoms with van der Waals surface area (Å²) in [5, 5.41) is 0. The summed E-state index contributed by atoms with van der Waals surface area (Å²) in [5.74, 6) is -0.434. The van der Waals surface area contributed by atoms with Crippen molar-refractivity contribution in [2.24, 2.45) is 0 Å². The van der Waals surface area contributed by atoms with E-state index in [-0.39, 0.29) is 18.6 Å². The van der Waals surface area contributed by atoms with E-state index in [1.54, 1.807) is 11.0 Å². The van der Waals surface area contributed by atoms with Crippen molar-refractivity contribution in [3.63, 3.8) is 0 Å². The third kappa shape index (κ3) is 2.11. The van der Waals surface area contributed by atoms with E-state index in [4.69, 9.17) is 4.74 Å². The van der Waals surface area contributed by atoms with E-state index < -0.39 is 11.9 Å². The average Bonchev–Trinajstić information content (AvgIpc) is 2.73. The van der Waals surface area contributed by atoms with Crippen LogP contribution in [0, 0.1) is 5.82 Å². The molecule has 2 aliphatic heterocycles. The highest BCUT2D eigenvalue weighted by molar-refractivity contribution is 5.91. The number of anilines is 1. The van der Waals surface area contributed by atoms with E-state index in [9.17, 15) is 14.0 Å². The third-order valence-electron chi connectivity index (χ3n) is 3.81. The van der Waals surface area contributed by atoms with Crippen molar-refractivity contribution in [2.45, 2.75) is 25.9 Å². The van der Waals surface area contributed by atoms with E-state index in [1.807, 2.05) is 0 Å². The van der Waals surface area contributed by atoms with Crippen LogP contribution in [0.15, 0.2) is 18.2 Å². The summed E-state index contributed by atoms with van der Waals surface area (Å²) in [6, 6.07) is 4.15. The van der Waals surface area contributed by atoms with Crippen LogP contribution in [0.1, 0.15) is 18.9 Å². The Balaban J connectivity index is 2.07. The van der Waals surface area contributed by atoms with Crippen LogP contribution in [-0.4, -0.2) is 36.1 Å². The van der Waals surface area contributed by atoms with E-state index >= 15 is 0 Å². The molecule has 2 aliphatic rings. The van der Waals surface area contributed by atoms with Crippen LogP contribution in [-0.2, 0) is 16.1 Å². The zero-order valence-electron chi connectivity index (χ0n) is 11.1. The first kappa shape index (κ1) is 12.9. The molecule has 0 aromatic heterocycles. The summed E-state index contributed by atoms with van der Waals surface area (Å²) in [5.41, 5.74) is 1.26. The van der Waals surface area contributed by atoms with Crippen molar-refractivity contribution in [3.8, 4) is 0 Å². The lowest BCUT2D eigenvalue weighted by Gasteiger charge is -2.31. The van der Waals surface area contributed by atoms with Gasteiger partial charge in [0.25, 0.3) is 0 Å². The molecule has 0 N–H and O–H groups in total. The van der Waals surface area contributed by atoms with Crippen molar-refractivity contribution in [2.75, 3.05) is 18.1 Å². The summed E-state index contributed by atoms with van der Waals surface area (Å²) in [6.45, 7) is 2.73. The molecule has 3 rings (SSSR count). The van der Waals surface area contributed by atoms with Gasteiger partial charge in [0.05, 0.1) is 11.7 Å². The zero-order valence-corrected chi connectivity index (χ0v) is 11.1. The predicted octanol–water partition coefficient (Wildman–Crippen LogP) is 1.90. The fraction of sp³-hybridized carbons (Fsp3) is 0.429. The summed E-state index contributed by atoms with van der Waals surface area (Å²) in [7, 11) is 0. The van der Waals surface area contributed by atoms with Crippen LogP contribution in [0.3, 0.4) is 0 Å². The van der Waals surface area contributed by atoms with E-state index in [0.29, 0.717) is 25.2 Å². The van der Waals surface area contributed by atoms with E-state index in [1.165, 1.54) is 24.0 Å². The molecule has 1 saturated heterocycles. The number of nitrogens with zero attached hydrogens (tertiary/aromatic N) is 2. The van der Waals surface area contributed by atoms with Crippen molar-refractivity contribution in [1.82, 2.24) is 4.90 Å². The number of hydrogen-bond donors (Lipinski definition) is 0. The maximum Gasteiger partial charge on any atom is 0.414 e. The topological polar surface area (TPSA) is 49.9 Å². The van der Waals surface area contributed by atoms with Gasteiger partial charge in [0, 0.05) is 20.0 Å². The fourth-order valence-corrected chi connectivity index (χ4v) is 2.72. The quantitative estimate of drug-likeness (QED) is 0.728. The molecule has 106 valence electrons. The normalized spacial score (nSPS) is 21.7. The Morgan fingerprint density at radius 2 is 2.25 bits per heavy atom. The SMILES string of the molecule is CC(=O)N1CC[C@H]2COC(=O)N2c2cc(F)ccc2C1. The Morgan fingerprint density at radius 1 is 1.45 bits per heavy atom. The maximum atomic E-state index is 13.5. The largest absolute Gasteiger partial charge is 0.447 e. The van der Waals surface area contributed by atoms with Crippen molar-refractivity contribution in [3.05, 3.63) is 29.6 Å². The number of cyclic esters (lactones) is 1. The lowest BCUT2D eigenvalue weighted by molar-refractivity contribution is -0.129. The minimum absolute atomic E-state index is 0.0287. The Kier molecular flexibility index (Phi) is 3.08. The molecule has 0 unspecified atom stereocenters. The molecular formula is C14H15FN2O3. The van der Waals surface area contributed by atoms with Crippen molar-refractivity contribution in [1.29, 1.82) is 0 Å². The Hall–Kier alpha value is -2.11. The molecular weight excluding hydrogens is 263 g/mol. The summed E-state index contributed by atoms with van der Waals surface area (Å²) in [4.78, 5) is 26.7. The van der Waals surface area contributed by atoms with Gasteiger partial charge in [0.1, 0.15) is 12.4 Å². The van der Waals surface area contributed by atoms with E-state index in [2.05, 4.69) is 0 Å². The highest BCUT2D eigenvalue weighted by Gasteiger charge is 2.37. The molecule has 5 nitrogen and oxygen atoms in total. The average molecular weight is 278 g/mol. The lowest BCUT2D eigenvalue weighted by atomic mass is 10.1. The molecule has 0 saturated carbocycles. The van der Waals surface area contributed by atoms with Gasteiger partial charge in [-0.1, -0.05) is 6.07 Å². The molecule has 6 heteroatoms. The molecule has 1 atom stereocenters. The first-order chi connectivity index (χ1) is 9.56. The van der Waals surface area contributed by atoms with Crippen LogP contribution in [0.4, 0.5) is 14.9 Å². The molecule has 20 heavy (non-hydrogen) atoms. The summed E-state index contributed by atoms with van der Waals surface area (Å²) >= 11 is 0. The molecule has 2 amide bonds. The molecule has 1 aromatic carbocycles. The Labute approximate surface area is 115 Å². The number of fused-ring (bicyclic) bond motifs is 3. The first-order valence-corrected chi connectivity index (χ1v) is 6.56. The van der Waals surface area contributed by atoms with Crippen LogP contribution in [0.2, 0.25) is 0 Å². The molecule has 0 radical (unpaired) electrons. The van der Waals surface area contributed by atoms with Gasteiger partial charge in [-0.15, -0.1) is 0 Å². The number of hydrogen-bond acceptors (Lipinski definition) is 3. The number of benzene rings is 1. The third-order valence-corrected chi connectivity index (χ3v) is 3.81. The monoisotopic (exact) mass is 278 g/mol. The van der Waals surface area contributed by atoms with Crippen LogP contribution < -0.4 is 4.90 Å². The number of amides is 2. The molecule has 0 spiro atoms. The molecule has 1 fully saturated rings. The summed E-state index contributed by atoms with van der Waals surface area (Å²) in [6.07, 6.45) is 0.180. The zero-order chi connectivity index (χ0) is 14.3. The van der Waals surface area contributed by atoms with Crippen LogP contribution in [0.5, 0.6) is 0 Å². The Morgan fingerprint density at radius 3 is 3.00 bits per heavy atom. The highest BCUT2D eigenvalue weighted by atomic mass is 19.1. The number of carbonyl (C=O) groups excluding carboxylic acids is 2. The molecule has 2 heterocycles. The first-order valence-electron chi connectivity index (χ1n) is 6.56. The number of halogens is 1. The summed E-state index contributed by atoms with van der Waals surface area (Å²) < 4.78 is 18.6. The number of carbonyl (C=O) groups is 2. The fourth-order valence-electron chi connectivity index (χ4n) is 2.72. The standard InChI is InChI=1S/C14H15FN2O3/c1-9(18)16-5-4-12-8-20-14(19)17(12)13-6-11(15)3-2-10(13)7-16/h2-3,6,12H,4-5,7-8H2,1H3/t12-/m0/s1.